The van der Waals surface area contributed by atoms with Crippen LogP contribution < -0.4 is 0 Å². The molecule has 1 unspecified atom stereocenters. The van der Waals surface area contributed by atoms with Crippen LogP contribution in [0.2, 0.25) is 10.0 Å². The van der Waals surface area contributed by atoms with Gasteiger partial charge in [0.05, 0.1) is 16.1 Å². The molecule has 0 aliphatic carbocycles. The van der Waals surface area contributed by atoms with Gasteiger partial charge in [-0.3, -0.25) is 0 Å². The van der Waals surface area contributed by atoms with E-state index in [9.17, 15) is 9.50 Å². The minimum Gasteiger partial charge on any atom is -0.388 e. The van der Waals surface area contributed by atoms with E-state index in [-0.39, 0.29) is 5.82 Å². The average molecular weight is 299 g/mol. The van der Waals surface area contributed by atoms with Crippen molar-refractivity contribution in [1.82, 2.24) is 0 Å². The molecule has 2 aromatic carbocycles. The highest BCUT2D eigenvalue weighted by atomic mass is 35.5. The van der Waals surface area contributed by atoms with E-state index in [1.807, 2.05) is 0 Å². The minimum atomic E-state index is -0.814. The smallest absolute Gasteiger partial charge is 0.126 e. The van der Waals surface area contributed by atoms with Crippen molar-refractivity contribution in [2.24, 2.45) is 0 Å². The lowest BCUT2D eigenvalue weighted by molar-refractivity contribution is 0.178. The number of rotatable bonds is 3. The summed E-state index contributed by atoms with van der Waals surface area (Å²) in [7, 11) is 0. The summed E-state index contributed by atoms with van der Waals surface area (Å²) < 4.78 is 13.5. The largest absolute Gasteiger partial charge is 0.388 e. The van der Waals surface area contributed by atoms with Crippen molar-refractivity contribution in [3.63, 3.8) is 0 Å². The minimum absolute atomic E-state index is 0.294. The fourth-order valence-electron chi connectivity index (χ4n) is 1.85. The first-order chi connectivity index (χ1) is 8.99. The van der Waals surface area contributed by atoms with E-state index >= 15 is 0 Å². The van der Waals surface area contributed by atoms with Crippen molar-refractivity contribution in [3.05, 3.63) is 69.0 Å². The van der Waals surface area contributed by atoms with Crippen molar-refractivity contribution in [1.29, 1.82) is 0 Å². The van der Waals surface area contributed by atoms with Crippen LogP contribution in [0.1, 0.15) is 22.8 Å². The molecule has 100 valence electrons. The number of aliphatic hydroxyl groups excluding tert-OH is 1. The average Bonchev–Trinajstić information content (AvgIpc) is 2.38. The molecule has 0 spiro atoms. The van der Waals surface area contributed by atoms with E-state index in [0.717, 1.165) is 5.56 Å². The molecule has 2 aromatic rings. The van der Waals surface area contributed by atoms with Gasteiger partial charge in [0.2, 0.25) is 0 Å². The summed E-state index contributed by atoms with van der Waals surface area (Å²) in [6.07, 6.45) is -0.520. The molecule has 19 heavy (non-hydrogen) atoms. The fourth-order valence-corrected chi connectivity index (χ4v) is 2.25. The van der Waals surface area contributed by atoms with Gasteiger partial charge >= 0.3 is 0 Å². The van der Waals surface area contributed by atoms with Crippen molar-refractivity contribution >= 4 is 23.2 Å². The standard InChI is InChI=1S/C15H13Cl2FO/c1-9-5-6-10(7-13(9)18)14(19)8-11-3-2-4-12(16)15(11)17/h2-7,14,19H,8H2,1H3. The Morgan fingerprint density at radius 1 is 1.21 bits per heavy atom. The SMILES string of the molecule is Cc1ccc(C(O)Cc2cccc(Cl)c2Cl)cc1F. The number of aliphatic hydroxyl groups is 1. The highest BCUT2D eigenvalue weighted by Crippen LogP contribution is 2.29. The monoisotopic (exact) mass is 298 g/mol. The van der Waals surface area contributed by atoms with Gasteiger partial charge in [-0.1, -0.05) is 47.5 Å². The molecule has 0 saturated heterocycles. The van der Waals surface area contributed by atoms with Gasteiger partial charge < -0.3 is 5.11 Å². The first-order valence-corrected chi connectivity index (χ1v) is 6.61. The Morgan fingerprint density at radius 2 is 1.95 bits per heavy atom. The van der Waals surface area contributed by atoms with E-state index in [4.69, 9.17) is 23.2 Å². The second-order valence-electron chi connectivity index (χ2n) is 4.44. The van der Waals surface area contributed by atoms with Gasteiger partial charge in [-0.15, -0.1) is 0 Å². The van der Waals surface area contributed by atoms with E-state index < -0.39 is 6.10 Å². The maximum atomic E-state index is 13.5. The normalized spacial score (nSPS) is 12.5. The van der Waals surface area contributed by atoms with Crippen LogP contribution >= 0.6 is 23.2 Å². The lowest BCUT2D eigenvalue weighted by atomic mass is 10.0. The van der Waals surface area contributed by atoms with Gasteiger partial charge in [-0.05, 0) is 35.7 Å². The van der Waals surface area contributed by atoms with Crippen molar-refractivity contribution in [2.45, 2.75) is 19.4 Å². The topological polar surface area (TPSA) is 20.2 Å². The Balaban J connectivity index is 2.23. The molecule has 0 heterocycles. The summed E-state index contributed by atoms with van der Waals surface area (Å²) in [6.45, 7) is 1.68. The Morgan fingerprint density at radius 3 is 2.63 bits per heavy atom. The molecular formula is C15H13Cl2FO. The van der Waals surface area contributed by atoms with Crippen LogP contribution in [0, 0.1) is 12.7 Å². The highest BCUT2D eigenvalue weighted by molar-refractivity contribution is 6.42. The molecular weight excluding hydrogens is 286 g/mol. The van der Waals surface area contributed by atoms with Gasteiger partial charge in [0, 0.05) is 6.42 Å². The quantitative estimate of drug-likeness (QED) is 0.869. The van der Waals surface area contributed by atoms with E-state index in [2.05, 4.69) is 0 Å². The second-order valence-corrected chi connectivity index (χ2v) is 5.23. The van der Waals surface area contributed by atoms with Crippen LogP contribution in [-0.2, 0) is 6.42 Å². The molecule has 0 radical (unpaired) electrons. The van der Waals surface area contributed by atoms with Crippen LogP contribution in [0.4, 0.5) is 4.39 Å². The van der Waals surface area contributed by atoms with E-state index in [1.54, 1.807) is 37.3 Å². The third-order valence-corrected chi connectivity index (χ3v) is 3.88. The summed E-state index contributed by atoms with van der Waals surface area (Å²) >= 11 is 12.0. The number of halogens is 3. The molecule has 0 saturated carbocycles. The first-order valence-electron chi connectivity index (χ1n) is 5.86. The predicted molar refractivity (Wildman–Crippen MR) is 76.3 cm³/mol. The number of benzene rings is 2. The van der Waals surface area contributed by atoms with Crippen molar-refractivity contribution in [3.8, 4) is 0 Å². The zero-order chi connectivity index (χ0) is 14.0. The molecule has 0 fully saturated rings. The number of hydrogen-bond donors (Lipinski definition) is 1. The van der Waals surface area contributed by atoms with Gasteiger partial charge in [-0.25, -0.2) is 4.39 Å². The summed E-state index contributed by atoms with van der Waals surface area (Å²) in [5, 5.41) is 11.0. The number of aryl methyl sites for hydroxylation is 1. The van der Waals surface area contributed by atoms with Gasteiger partial charge in [0.15, 0.2) is 0 Å². The van der Waals surface area contributed by atoms with Crippen molar-refractivity contribution in [2.75, 3.05) is 0 Å². The number of hydrogen-bond acceptors (Lipinski definition) is 1. The van der Waals surface area contributed by atoms with Crippen LogP contribution in [0.25, 0.3) is 0 Å². The molecule has 1 N–H and O–H groups in total. The molecule has 0 aromatic heterocycles. The molecule has 0 aliphatic rings. The molecule has 1 atom stereocenters. The summed E-state index contributed by atoms with van der Waals surface area (Å²) in [4.78, 5) is 0. The molecule has 0 amide bonds. The molecule has 2 rings (SSSR count). The van der Waals surface area contributed by atoms with Crippen LogP contribution in [0.5, 0.6) is 0 Å². The molecule has 0 bridgehead atoms. The summed E-state index contributed by atoms with van der Waals surface area (Å²) in [6, 6.07) is 9.95. The van der Waals surface area contributed by atoms with E-state index in [1.165, 1.54) is 6.07 Å². The highest BCUT2D eigenvalue weighted by Gasteiger charge is 2.13. The lowest BCUT2D eigenvalue weighted by Gasteiger charge is -2.13. The summed E-state index contributed by atoms with van der Waals surface area (Å²) in [5.74, 6) is -0.325. The lowest BCUT2D eigenvalue weighted by Crippen LogP contribution is -2.03. The van der Waals surface area contributed by atoms with Crippen LogP contribution in [0.3, 0.4) is 0 Å². The van der Waals surface area contributed by atoms with Crippen LogP contribution in [0.15, 0.2) is 36.4 Å². The van der Waals surface area contributed by atoms with Gasteiger partial charge in [-0.2, -0.15) is 0 Å². The Labute approximate surface area is 121 Å². The third-order valence-electron chi connectivity index (χ3n) is 3.03. The van der Waals surface area contributed by atoms with Gasteiger partial charge in [0.1, 0.15) is 5.82 Å². The second kappa shape index (κ2) is 5.91. The maximum absolute atomic E-state index is 13.5. The molecule has 4 heteroatoms. The maximum Gasteiger partial charge on any atom is 0.126 e. The first kappa shape index (κ1) is 14.3. The molecule has 1 nitrogen and oxygen atoms in total. The fraction of sp³-hybridized carbons (Fsp3) is 0.200. The Hall–Kier alpha value is -1.09. The molecule has 0 aliphatic heterocycles. The Kier molecular flexibility index (Phi) is 4.46. The Bertz CT molecular complexity index is 599. The third kappa shape index (κ3) is 3.27. The zero-order valence-corrected chi connectivity index (χ0v) is 11.8. The zero-order valence-electron chi connectivity index (χ0n) is 10.3. The van der Waals surface area contributed by atoms with Crippen LogP contribution in [-0.4, -0.2) is 5.11 Å². The van der Waals surface area contributed by atoms with E-state index in [0.29, 0.717) is 27.6 Å². The van der Waals surface area contributed by atoms with Crippen molar-refractivity contribution < 1.29 is 9.50 Å². The summed E-state index contributed by atoms with van der Waals surface area (Å²) in [5.41, 5.74) is 1.82. The van der Waals surface area contributed by atoms with Gasteiger partial charge in [0.25, 0.3) is 0 Å². The predicted octanol–water partition coefficient (Wildman–Crippen LogP) is 4.72.